The standard InChI is InChI=1S/C71H61BN2/c1-68(2)58-18-12-13-19-59(58)69(3,4)61-38-64-54(37-60(61)68)55-36-52-51-17-11-10-16-45(51)32-56(52)67-65(55)72(74(64)50-23-20-42(21-24-50)41-14-8-7-9-15-41)62-35-49(71(6)29-27-44-31-47(44)40-71)34-57-53-33-48(22-25-63(53)73(67)66(57)62)70(5)28-26-43-30-46(43)39-70/h7-27,33-38,46-47H,28-32,39-40H2,1-6H3. The quantitative estimate of drug-likeness (QED) is 0.126. The van der Waals surface area contributed by atoms with E-state index in [9.17, 15) is 0 Å². The van der Waals surface area contributed by atoms with Crippen molar-refractivity contribution in [2.75, 3.05) is 4.81 Å². The summed E-state index contributed by atoms with van der Waals surface area (Å²) in [6.07, 6.45) is 13.4. The van der Waals surface area contributed by atoms with Crippen LogP contribution in [0.15, 0.2) is 175 Å². The summed E-state index contributed by atoms with van der Waals surface area (Å²) in [5.74, 6) is 1.49. The Morgan fingerprint density at radius 1 is 0.514 bits per heavy atom. The van der Waals surface area contributed by atoms with Crippen molar-refractivity contribution in [3.63, 3.8) is 0 Å². The molecule has 1 aromatic heterocycles. The Hall–Kier alpha value is -7.10. The molecule has 0 N–H and O–H groups in total. The van der Waals surface area contributed by atoms with Crippen LogP contribution in [0.25, 0.3) is 60.9 Å². The zero-order valence-corrected chi connectivity index (χ0v) is 43.7. The van der Waals surface area contributed by atoms with Gasteiger partial charge in [0.05, 0.1) is 11.0 Å². The first-order chi connectivity index (χ1) is 35.9. The third-order valence-corrected chi connectivity index (χ3v) is 20.7. The lowest BCUT2D eigenvalue weighted by Gasteiger charge is -2.47. The van der Waals surface area contributed by atoms with Gasteiger partial charge < -0.3 is 9.38 Å². The van der Waals surface area contributed by atoms with Gasteiger partial charge >= 0.3 is 6.85 Å². The van der Waals surface area contributed by atoms with Gasteiger partial charge in [-0.15, -0.1) is 0 Å². The SMILES string of the molecule is CC1(c2ccc3c(c2)c2cc(C4(C)CC=C5CC5C4)cc4c2n3-c2c3c(cc5c2B4N(c2ccc(-c4ccccc4)cc2)c2cc4c(cc2-5)C(C)(C)c2ccccc2C4(C)C)-c2ccccc2C3)CC=C2CC2C1. The van der Waals surface area contributed by atoms with Crippen LogP contribution in [0.1, 0.15) is 125 Å². The maximum atomic E-state index is 2.82. The van der Waals surface area contributed by atoms with Gasteiger partial charge in [0.25, 0.3) is 0 Å². The normalized spacial score (nSPS) is 24.1. The fourth-order valence-corrected chi connectivity index (χ4v) is 16.4. The minimum absolute atomic E-state index is 0.0450. The van der Waals surface area contributed by atoms with E-state index in [-0.39, 0.29) is 28.5 Å². The van der Waals surface area contributed by atoms with E-state index in [0.29, 0.717) is 0 Å². The number of fused-ring (bicyclic) bond motifs is 15. The summed E-state index contributed by atoms with van der Waals surface area (Å²) < 4.78 is 2.81. The van der Waals surface area contributed by atoms with Crippen LogP contribution >= 0.6 is 0 Å². The van der Waals surface area contributed by atoms with Gasteiger partial charge in [-0.25, -0.2) is 0 Å². The number of rotatable bonds is 4. The van der Waals surface area contributed by atoms with E-state index in [1.54, 1.807) is 11.1 Å². The van der Waals surface area contributed by atoms with Crippen molar-refractivity contribution < 1.29 is 0 Å². The van der Waals surface area contributed by atoms with Gasteiger partial charge in [-0.1, -0.05) is 168 Å². The number of anilines is 2. The molecule has 3 heterocycles. The Bertz CT molecular complexity index is 4100. The molecule has 2 aliphatic heterocycles. The molecule has 0 saturated heterocycles. The molecular formula is C71H61BN2. The number of hydrogen-bond acceptors (Lipinski definition) is 1. The van der Waals surface area contributed by atoms with Gasteiger partial charge in [-0.3, -0.25) is 0 Å². The average Bonchev–Trinajstić information content (AvgIpc) is 4.32. The summed E-state index contributed by atoms with van der Waals surface area (Å²) in [6, 6.07) is 60.3. The van der Waals surface area contributed by atoms with Crippen molar-refractivity contribution in [2.24, 2.45) is 11.8 Å². The van der Waals surface area contributed by atoms with Crippen LogP contribution in [-0.2, 0) is 28.1 Å². The summed E-state index contributed by atoms with van der Waals surface area (Å²) in [6.45, 7) is 15.0. The number of allylic oxidation sites excluding steroid dienone is 4. The zero-order chi connectivity index (χ0) is 49.4. The van der Waals surface area contributed by atoms with Crippen molar-refractivity contribution in [3.8, 4) is 39.1 Å². The van der Waals surface area contributed by atoms with Crippen molar-refractivity contribution >= 4 is 51.0 Å². The number of benzene rings is 8. The zero-order valence-electron chi connectivity index (χ0n) is 43.7. The second kappa shape index (κ2) is 14.0. The molecule has 8 aliphatic rings. The molecule has 8 aromatic carbocycles. The van der Waals surface area contributed by atoms with E-state index in [2.05, 4.69) is 215 Å². The molecule has 0 spiro atoms. The minimum Gasteiger partial charge on any atom is -0.376 e. The molecular weight excluding hydrogens is 892 g/mol. The van der Waals surface area contributed by atoms with Gasteiger partial charge in [0.1, 0.15) is 0 Å². The van der Waals surface area contributed by atoms with E-state index >= 15 is 0 Å². The van der Waals surface area contributed by atoms with Gasteiger partial charge in [0.15, 0.2) is 0 Å². The minimum atomic E-state index is -0.206. The molecule has 17 rings (SSSR count). The predicted octanol–water partition coefficient (Wildman–Crippen LogP) is 16.2. The van der Waals surface area contributed by atoms with Crippen LogP contribution in [0.3, 0.4) is 0 Å². The number of hydrogen-bond donors (Lipinski definition) is 0. The molecule has 2 saturated carbocycles. The lowest BCUT2D eigenvalue weighted by atomic mass is 9.43. The van der Waals surface area contributed by atoms with Gasteiger partial charge in [-0.2, -0.15) is 0 Å². The molecule has 2 nitrogen and oxygen atoms in total. The van der Waals surface area contributed by atoms with Crippen molar-refractivity contribution in [1.82, 2.24) is 4.57 Å². The Morgan fingerprint density at radius 3 is 1.86 bits per heavy atom. The number of aromatic nitrogens is 1. The second-order valence-corrected chi connectivity index (χ2v) is 25.8. The Labute approximate surface area is 436 Å². The first-order valence-electron chi connectivity index (χ1n) is 27.9. The largest absolute Gasteiger partial charge is 0.376 e. The first-order valence-corrected chi connectivity index (χ1v) is 27.9. The maximum absolute atomic E-state index is 2.82. The fraction of sp³-hybridized carbons (Fsp3) is 0.268. The van der Waals surface area contributed by atoms with E-state index in [1.165, 1.54) is 153 Å². The van der Waals surface area contributed by atoms with Crippen LogP contribution in [0.4, 0.5) is 11.4 Å². The third-order valence-electron chi connectivity index (χ3n) is 20.7. The summed E-state index contributed by atoms with van der Waals surface area (Å²) in [5, 5.41) is 2.85. The summed E-state index contributed by atoms with van der Waals surface area (Å²) >= 11 is 0. The molecule has 0 amide bonds. The highest BCUT2D eigenvalue weighted by molar-refractivity contribution is 6.93. The highest BCUT2D eigenvalue weighted by atomic mass is 15.1. The van der Waals surface area contributed by atoms with E-state index in [1.807, 2.05) is 0 Å². The van der Waals surface area contributed by atoms with Gasteiger partial charge in [0, 0.05) is 50.6 Å². The van der Waals surface area contributed by atoms with E-state index in [4.69, 9.17) is 0 Å². The fourth-order valence-electron chi connectivity index (χ4n) is 16.4. The maximum Gasteiger partial charge on any atom is 0.333 e. The summed E-state index contributed by atoms with van der Waals surface area (Å²) in [7, 11) is 0. The predicted molar refractivity (Wildman–Crippen MR) is 310 cm³/mol. The second-order valence-electron chi connectivity index (χ2n) is 25.8. The Morgan fingerprint density at radius 2 is 1.15 bits per heavy atom. The monoisotopic (exact) mass is 952 g/mol. The molecule has 0 bridgehead atoms. The van der Waals surface area contributed by atoms with Crippen molar-refractivity contribution in [1.29, 1.82) is 0 Å². The van der Waals surface area contributed by atoms with Crippen molar-refractivity contribution in [2.45, 2.75) is 108 Å². The average molecular weight is 953 g/mol. The molecule has 358 valence electrons. The van der Waals surface area contributed by atoms with E-state index in [0.717, 1.165) is 31.1 Å². The molecule has 3 heteroatoms. The van der Waals surface area contributed by atoms with Crippen LogP contribution in [0.2, 0.25) is 0 Å². The van der Waals surface area contributed by atoms with Crippen LogP contribution in [-0.4, -0.2) is 11.4 Å². The highest BCUT2D eigenvalue weighted by Gasteiger charge is 2.51. The molecule has 74 heavy (non-hydrogen) atoms. The van der Waals surface area contributed by atoms with Crippen LogP contribution in [0, 0.1) is 11.8 Å². The Kier molecular flexibility index (Phi) is 7.99. The number of nitrogens with zero attached hydrogens (tertiary/aromatic N) is 2. The lowest BCUT2D eigenvalue weighted by Crippen LogP contribution is -2.61. The Balaban J connectivity index is 1.01. The van der Waals surface area contributed by atoms with Crippen LogP contribution in [0.5, 0.6) is 0 Å². The first kappa shape index (κ1) is 42.3. The third kappa shape index (κ3) is 5.48. The summed E-state index contributed by atoms with van der Waals surface area (Å²) in [4.78, 5) is 2.82. The molecule has 0 radical (unpaired) electrons. The lowest BCUT2D eigenvalue weighted by molar-refractivity contribution is 0.407. The van der Waals surface area contributed by atoms with Crippen molar-refractivity contribution in [3.05, 3.63) is 219 Å². The summed E-state index contributed by atoms with van der Waals surface area (Å²) in [5.41, 5.74) is 32.5. The topological polar surface area (TPSA) is 8.17 Å². The highest BCUT2D eigenvalue weighted by Crippen LogP contribution is 2.58. The molecule has 9 aromatic rings. The van der Waals surface area contributed by atoms with Crippen LogP contribution < -0.4 is 15.7 Å². The van der Waals surface area contributed by atoms with Gasteiger partial charge in [-0.05, 0) is 193 Å². The van der Waals surface area contributed by atoms with Gasteiger partial charge in [0.2, 0.25) is 0 Å². The molecule has 6 aliphatic carbocycles. The van der Waals surface area contributed by atoms with E-state index < -0.39 is 0 Å². The smallest absolute Gasteiger partial charge is 0.333 e. The molecule has 4 unspecified atom stereocenters. The molecule has 4 atom stereocenters. The molecule has 2 fully saturated rings.